The molecule has 0 N–H and O–H groups in total. The van der Waals surface area contributed by atoms with E-state index >= 15 is 0 Å². The lowest BCUT2D eigenvalue weighted by Gasteiger charge is -2.15. The SMILES string of the molecule is C=Cc1ccc2c(Cl)cc(-c3cnc(N(C)C)c(C=C)c3)nc2c1. The first-order valence-electron chi connectivity index (χ1n) is 7.56. The van der Waals surface area contributed by atoms with E-state index in [1.807, 2.05) is 55.5 Å². The summed E-state index contributed by atoms with van der Waals surface area (Å²) in [4.78, 5) is 11.2. The number of aromatic nitrogens is 2. The van der Waals surface area contributed by atoms with Gasteiger partial charge in [-0.25, -0.2) is 9.97 Å². The number of rotatable bonds is 4. The molecule has 0 saturated heterocycles. The molecule has 4 heteroatoms. The van der Waals surface area contributed by atoms with E-state index in [9.17, 15) is 0 Å². The van der Waals surface area contributed by atoms with Gasteiger partial charge in [-0.2, -0.15) is 0 Å². The quantitative estimate of drug-likeness (QED) is 0.647. The average molecular weight is 336 g/mol. The van der Waals surface area contributed by atoms with Crippen LogP contribution in [-0.4, -0.2) is 24.1 Å². The van der Waals surface area contributed by atoms with Crippen LogP contribution < -0.4 is 4.90 Å². The fraction of sp³-hybridized carbons (Fsp3) is 0.100. The summed E-state index contributed by atoms with van der Waals surface area (Å²) in [6, 6.07) is 9.82. The Bertz CT molecular complexity index is 945. The summed E-state index contributed by atoms with van der Waals surface area (Å²) >= 11 is 6.45. The third-order valence-corrected chi connectivity index (χ3v) is 4.17. The summed E-state index contributed by atoms with van der Waals surface area (Å²) in [6.45, 7) is 7.68. The van der Waals surface area contributed by atoms with Crippen molar-refractivity contribution in [3.8, 4) is 11.3 Å². The normalized spacial score (nSPS) is 10.6. The van der Waals surface area contributed by atoms with Crippen molar-refractivity contribution in [3.05, 3.63) is 65.8 Å². The molecule has 0 aliphatic carbocycles. The fourth-order valence-electron chi connectivity index (χ4n) is 2.62. The molecule has 0 amide bonds. The Morgan fingerprint density at radius 1 is 1.08 bits per heavy atom. The lowest BCUT2D eigenvalue weighted by Crippen LogP contribution is -2.12. The Morgan fingerprint density at radius 2 is 1.88 bits per heavy atom. The Morgan fingerprint density at radius 3 is 2.54 bits per heavy atom. The molecular weight excluding hydrogens is 318 g/mol. The summed E-state index contributed by atoms with van der Waals surface area (Å²) in [7, 11) is 3.91. The van der Waals surface area contributed by atoms with Gasteiger partial charge in [-0.15, -0.1) is 0 Å². The van der Waals surface area contributed by atoms with Gasteiger partial charge in [-0.3, -0.25) is 0 Å². The van der Waals surface area contributed by atoms with Crippen LogP contribution >= 0.6 is 11.6 Å². The third kappa shape index (κ3) is 2.91. The molecule has 0 fully saturated rings. The fourth-order valence-corrected chi connectivity index (χ4v) is 2.88. The molecule has 2 heterocycles. The van der Waals surface area contributed by atoms with Crippen LogP contribution in [-0.2, 0) is 0 Å². The first-order valence-corrected chi connectivity index (χ1v) is 7.94. The zero-order valence-corrected chi connectivity index (χ0v) is 14.5. The van der Waals surface area contributed by atoms with Crippen molar-refractivity contribution in [2.24, 2.45) is 0 Å². The number of fused-ring (bicyclic) bond motifs is 1. The Hall–Kier alpha value is -2.65. The molecular formula is C20H18ClN3. The Labute approximate surface area is 146 Å². The minimum absolute atomic E-state index is 0.669. The molecule has 0 aliphatic heterocycles. The molecule has 24 heavy (non-hydrogen) atoms. The van der Waals surface area contributed by atoms with Crippen LogP contribution in [0.3, 0.4) is 0 Å². The van der Waals surface area contributed by atoms with Crippen molar-refractivity contribution in [1.29, 1.82) is 0 Å². The highest BCUT2D eigenvalue weighted by Crippen LogP contribution is 2.30. The minimum atomic E-state index is 0.669. The van der Waals surface area contributed by atoms with Gasteiger partial charge < -0.3 is 4.90 Å². The van der Waals surface area contributed by atoms with Crippen molar-refractivity contribution in [1.82, 2.24) is 9.97 Å². The van der Waals surface area contributed by atoms with Crippen molar-refractivity contribution >= 4 is 40.5 Å². The number of halogens is 1. The summed E-state index contributed by atoms with van der Waals surface area (Å²) in [5, 5.41) is 1.59. The molecule has 3 nitrogen and oxygen atoms in total. The highest BCUT2D eigenvalue weighted by atomic mass is 35.5. The zero-order valence-electron chi connectivity index (χ0n) is 13.8. The highest BCUT2D eigenvalue weighted by molar-refractivity contribution is 6.35. The predicted molar refractivity (Wildman–Crippen MR) is 104 cm³/mol. The van der Waals surface area contributed by atoms with Crippen molar-refractivity contribution < 1.29 is 0 Å². The zero-order chi connectivity index (χ0) is 17.3. The maximum absolute atomic E-state index is 6.45. The van der Waals surface area contributed by atoms with E-state index in [0.29, 0.717) is 5.02 Å². The maximum atomic E-state index is 6.45. The summed E-state index contributed by atoms with van der Waals surface area (Å²) in [5.41, 5.74) is 4.50. The molecule has 0 radical (unpaired) electrons. The highest BCUT2D eigenvalue weighted by Gasteiger charge is 2.10. The largest absolute Gasteiger partial charge is 0.362 e. The number of anilines is 1. The van der Waals surface area contributed by atoms with Crippen molar-refractivity contribution in [2.75, 3.05) is 19.0 Å². The molecule has 0 saturated carbocycles. The van der Waals surface area contributed by atoms with Crippen LogP contribution in [0.4, 0.5) is 5.82 Å². The van der Waals surface area contributed by atoms with Gasteiger partial charge in [-0.1, -0.05) is 49.0 Å². The van der Waals surface area contributed by atoms with Gasteiger partial charge in [0.1, 0.15) is 5.82 Å². The first-order chi connectivity index (χ1) is 11.5. The lowest BCUT2D eigenvalue weighted by molar-refractivity contribution is 1.06. The second-order valence-corrected chi connectivity index (χ2v) is 6.11. The Kier molecular flexibility index (Phi) is 4.36. The second-order valence-electron chi connectivity index (χ2n) is 5.71. The Balaban J connectivity index is 2.18. The molecule has 0 aliphatic rings. The monoisotopic (exact) mass is 335 g/mol. The number of hydrogen-bond donors (Lipinski definition) is 0. The molecule has 0 atom stereocenters. The number of pyridine rings is 2. The van der Waals surface area contributed by atoms with Crippen LogP contribution in [0.5, 0.6) is 0 Å². The third-order valence-electron chi connectivity index (χ3n) is 3.85. The van der Waals surface area contributed by atoms with E-state index < -0.39 is 0 Å². The molecule has 2 aromatic heterocycles. The summed E-state index contributed by atoms with van der Waals surface area (Å²) < 4.78 is 0. The van der Waals surface area contributed by atoms with E-state index in [2.05, 4.69) is 18.1 Å². The minimum Gasteiger partial charge on any atom is -0.362 e. The summed E-state index contributed by atoms with van der Waals surface area (Å²) in [5.74, 6) is 0.870. The first kappa shape index (κ1) is 16.2. The van der Waals surface area contributed by atoms with Crippen LogP contribution in [0.25, 0.3) is 34.3 Å². The topological polar surface area (TPSA) is 29.0 Å². The van der Waals surface area contributed by atoms with Gasteiger partial charge >= 0.3 is 0 Å². The smallest absolute Gasteiger partial charge is 0.135 e. The number of benzene rings is 1. The van der Waals surface area contributed by atoms with Gasteiger partial charge in [0.15, 0.2) is 0 Å². The molecule has 3 rings (SSSR count). The molecule has 0 spiro atoms. The second kappa shape index (κ2) is 6.46. The van der Waals surface area contributed by atoms with Crippen LogP contribution in [0.1, 0.15) is 11.1 Å². The molecule has 0 unspecified atom stereocenters. The molecule has 0 bridgehead atoms. The van der Waals surface area contributed by atoms with Gasteiger partial charge in [0.05, 0.1) is 16.2 Å². The van der Waals surface area contributed by atoms with Crippen molar-refractivity contribution in [3.63, 3.8) is 0 Å². The molecule has 3 aromatic rings. The van der Waals surface area contributed by atoms with Crippen LogP contribution in [0, 0.1) is 0 Å². The lowest BCUT2D eigenvalue weighted by atomic mass is 10.1. The maximum Gasteiger partial charge on any atom is 0.135 e. The van der Waals surface area contributed by atoms with E-state index in [0.717, 1.165) is 39.1 Å². The standard InChI is InChI=1S/C20H18ClN3/c1-5-13-7-8-16-17(21)11-18(23-19(16)9-13)15-10-14(6-2)20(22-12-15)24(3)4/h5-12H,1-2H2,3-4H3. The molecule has 120 valence electrons. The summed E-state index contributed by atoms with van der Waals surface area (Å²) in [6.07, 6.45) is 5.40. The van der Waals surface area contributed by atoms with E-state index in [1.54, 1.807) is 12.2 Å². The molecule has 1 aromatic carbocycles. The van der Waals surface area contributed by atoms with Gasteiger partial charge in [0.25, 0.3) is 0 Å². The number of nitrogens with zero attached hydrogens (tertiary/aromatic N) is 3. The predicted octanol–water partition coefficient (Wildman–Crippen LogP) is 5.30. The number of hydrogen-bond acceptors (Lipinski definition) is 3. The van der Waals surface area contributed by atoms with Crippen LogP contribution in [0.2, 0.25) is 5.02 Å². The van der Waals surface area contributed by atoms with Gasteiger partial charge in [0, 0.05) is 36.8 Å². The van der Waals surface area contributed by atoms with E-state index in [1.165, 1.54) is 0 Å². The van der Waals surface area contributed by atoms with E-state index in [-0.39, 0.29) is 0 Å². The van der Waals surface area contributed by atoms with Gasteiger partial charge in [-0.05, 0) is 23.8 Å². The van der Waals surface area contributed by atoms with Gasteiger partial charge in [0.2, 0.25) is 0 Å². The van der Waals surface area contributed by atoms with Crippen molar-refractivity contribution in [2.45, 2.75) is 0 Å². The van der Waals surface area contributed by atoms with Crippen LogP contribution in [0.15, 0.2) is 49.7 Å². The van der Waals surface area contributed by atoms with E-state index in [4.69, 9.17) is 16.6 Å². The average Bonchev–Trinajstić information content (AvgIpc) is 2.60.